The number of hydrogen-bond acceptors (Lipinski definition) is 21. The van der Waals surface area contributed by atoms with Gasteiger partial charge >= 0.3 is 0 Å². The number of carbonyl (C=O) groups is 1. The molecule has 4 saturated carbocycles. The van der Waals surface area contributed by atoms with Gasteiger partial charge in [-0.1, -0.05) is 25.2 Å². The Hall–Kier alpha value is -7.78. The van der Waals surface area contributed by atoms with Crippen LogP contribution >= 0.6 is 0 Å². The molecule has 25 heteroatoms. The van der Waals surface area contributed by atoms with Crippen LogP contribution in [0.15, 0.2) is 79.7 Å². The zero-order chi connectivity index (χ0) is 74.0. The van der Waals surface area contributed by atoms with Gasteiger partial charge in [0.25, 0.3) is 0 Å². The number of anilines is 4. The van der Waals surface area contributed by atoms with Gasteiger partial charge in [-0.15, -0.1) is 15.3 Å². The van der Waals surface area contributed by atoms with Crippen LogP contribution in [-0.2, 0) is 23.7 Å². The maximum absolute atomic E-state index is 12.2. The van der Waals surface area contributed by atoms with Gasteiger partial charge in [0.2, 0.25) is 23.8 Å². The molecule has 10 aliphatic rings. The third kappa shape index (κ3) is 16.3. The molecule has 107 heavy (non-hydrogen) atoms. The highest BCUT2D eigenvalue weighted by atomic mass is 16.5. The second-order valence-electron chi connectivity index (χ2n) is 32.6. The fourth-order valence-corrected chi connectivity index (χ4v) is 19.6. The molecule has 0 unspecified atom stereocenters. The Kier molecular flexibility index (Phi) is 23.2. The standard InChI is InChI=1S/C29H42N6O3.C28H38N6O2.C25H35N5O3/c1-19(18-37-3)31-29-30-17-28-26(16-27(35(28)32-29)21-4-8-25(36)9-5-21)22-14-23-6-7-24(15-22)34(23)20(2)33-10-12-38-13-11-33;1-18(17-36-2)31-28-30-14-26-24(13-25(34(26)32-28)19-6-8-23(35)9-7-19)20-10-11-29-27(12-20)33-15-21-4-3-5-22(21)16-33;1-15(14-33-3)27-25-26-13-24-22(18-10-19-6-7-20(11-18)29(19)16(2)31)12-23(30(24)28-25)17-4-8-21(32)9-5-17/h14,16-17,19,21,23-25,36H,2,4-13,15,18H2,1,3H3,(H,31,32);10-14,18-19,21-23,35H,3-9,15-17H2,1-2H3,(H,31,32);10,12-13,15,17,19-21,32H,4-9,11,14H2,1-3H3,(H,27,28)/t19-,21?,23-,24+,25?;18-,19?,21-,22+,23?;15-,17?,19-,20+,21?/m000/s1. The van der Waals surface area contributed by atoms with E-state index in [4.69, 9.17) is 44.2 Å². The number of methoxy groups -OCH3 is 3. The molecule has 576 valence electrons. The summed E-state index contributed by atoms with van der Waals surface area (Å²) in [5.74, 6) is 7.00. The highest BCUT2D eigenvalue weighted by Gasteiger charge is 2.43. The minimum atomic E-state index is -0.192. The van der Waals surface area contributed by atoms with Gasteiger partial charge in [0.1, 0.15) is 5.82 Å². The molecule has 4 bridgehead atoms. The largest absolute Gasteiger partial charge is 0.393 e. The highest BCUT2D eigenvalue weighted by molar-refractivity contribution is 5.85. The highest BCUT2D eigenvalue weighted by Crippen LogP contribution is 2.47. The molecular weight excluding hydrogens is 1350 g/mol. The van der Waals surface area contributed by atoms with E-state index in [0.717, 1.165) is 193 Å². The number of amides is 1. The van der Waals surface area contributed by atoms with Crippen molar-refractivity contribution in [2.24, 2.45) is 11.8 Å². The van der Waals surface area contributed by atoms with Crippen molar-refractivity contribution in [1.82, 2.24) is 63.5 Å². The van der Waals surface area contributed by atoms with Crippen LogP contribution < -0.4 is 20.9 Å². The third-order valence-corrected chi connectivity index (χ3v) is 25.0. The Bertz CT molecular complexity index is 4280. The van der Waals surface area contributed by atoms with E-state index in [1.807, 2.05) is 31.7 Å². The lowest BCUT2D eigenvalue weighted by atomic mass is 9.85. The summed E-state index contributed by atoms with van der Waals surface area (Å²) in [6.07, 6.45) is 33.3. The number of nitrogens with zero attached hydrogens (tertiary/aromatic N) is 14. The monoisotopic (exact) mass is 1470 g/mol. The molecule has 6 N–H and O–H groups in total. The maximum Gasteiger partial charge on any atom is 0.241 e. The molecule has 13 heterocycles. The predicted molar refractivity (Wildman–Crippen MR) is 416 cm³/mol. The molecule has 8 fully saturated rings. The number of aliphatic hydroxyl groups is 3. The van der Waals surface area contributed by atoms with Crippen LogP contribution in [-0.4, -0.2) is 226 Å². The molecule has 25 nitrogen and oxygen atoms in total. The Labute approximate surface area is 630 Å². The molecule has 17 rings (SSSR count). The number of hydrogen-bond donors (Lipinski definition) is 6. The molecule has 1 amide bonds. The van der Waals surface area contributed by atoms with Crippen molar-refractivity contribution < 1.29 is 39.1 Å². The van der Waals surface area contributed by atoms with Gasteiger partial charge in [0.05, 0.1) is 98.3 Å². The summed E-state index contributed by atoms with van der Waals surface area (Å²) >= 11 is 0. The molecule has 0 radical (unpaired) electrons. The number of morpholine rings is 1. The Morgan fingerprint density at radius 1 is 0.542 bits per heavy atom. The molecule has 4 saturated heterocycles. The van der Waals surface area contributed by atoms with Crippen LogP contribution in [0, 0.1) is 11.8 Å². The van der Waals surface area contributed by atoms with E-state index in [1.54, 1.807) is 28.3 Å². The number of aliphatic hydroxyl groups excluding tert-OH is 3. The average molecular weight is 1470 g/mol. The maximum atomic E-state index is 12.2. The Balaban J connectivity index is 0.000000129. The van der Waals surface area contributed by atoms with Gasteiger partial charge in [0, 0.05) is 148 Å². The van der Waals surface area contributed by atoms with Crippen molar-refractivity contribution >= 4 is 57.3 Å². The number of pyridine rings is 1. The molecule has 0 aromatic carbocycles. The number of aromatic nitrogens is 10. The summed E-state index contributed by atoms with van der Waals surface area (Å²) in [6, 6.07) is 13.0. The van der Waals surface area contributed by atoms with Crippen LogP contribution in [0.5, 0.6) is 0 Å². The lowest BCUT2D eigenvalue weighted by Crippen LogP contribution is -2.46. The van der Waals surface area contributed by atoms with Crippen LogP contribution in [0.3, 0.4) is 0 Å². The van der Waals surface area contributed by atoms with Crippen LogP contribution in [0.2, 0.25) is 0 Å². The van der Waals surface area contributed by atoms with Gasteiger partial charge < -0.3 is 69.8 Å². The zero-order valence-corrected chi connectivity index (χ0v) is 64.1. The van der Waals surface area contributed by atoms with Crippen molar-refractivity contribution in [3.8, 4) is 11.1 Å². The van der Waals surface area contributed by atoms with Crippen LogP contribution in [0.25, 0.3) is 38.8 Å². The number of rotatable bonds is 21. The van der Waals surface area contributed by atoms with Crippen molar-refractivity contribution in [2.75, 3.05) is 101 Å². The van der Waals surface area contributed by atoms with Gasteiger partial charge in [0.15, 0.2) is 0 Å². The van der Waals surface area contributed by atoms with Gasteiger partial charge in [-0.2, -0.15) is 0 Å². The van der Waals surface area contributed by atoms with E-state index in [0.29, 0.717) is 67.5 Å². The van der Waals surface area contributed by atoms with E-state index in [9.17, 15) is 20.1 Å². The fourth-order valence-electron chi connectivity index (χ4n) is 19.6. The summed E-state index contributed by atoms with van der Waals surface area (Å²) in [5, 5.41) is 55.1. The molecule has 6 aliphatic heterocycles. The first-order chi connectivity index (χ1) is 52.0. The topological polar surface area (TPSA) is 267 Å². The van der Waals surface area contributed by atoms with E-state index in [2.05, 4.69) is 122 Å². The Morgan fingerprint density at radius 2 is 0.953 bits per heavy atom. The average Bonchev–Trinajstić information content (AvgIpc) is 1.62. The van der Waals surface area contributed by atoms with E-state index in [-0.39, 0.29) is 54.4 Å². The van der Waals surface area contributed by atoms with Crippen LogP contribution in [0.4, 0.5) is 23.7 Å². The number of ether oxygens (including phenoxy) is 4. The molecule has 7 aromatic rings. The van der Waals surface area contributed by atoms with Crippen molar-refractivity contribution in [1.29, 1.82) is 0 Å². The summed E-state index contributed by atoms with van der Waals surface area (Å²) in [6.45, 7) is 19.8. The van der Waals surface area contributed by atoms with Gasteiger partial charge in [-0.3, -0.25) is 4.79 Å². The van der Waals surface area contributed by atoms with E-state index in [1.165, 1.54) is 71.5 Å². The SMILES string of the molecule is C=C(N1CCOCC1)N1[C@@H]2CC[C@H]1C=C(c1cc(C3CCC(O)CC3)n3nc(N[C@@H](C)COC)ncc13)C2.COC[C@H](C)Nc1ncc2c(-c3ccnc(N4C[C@H]5CCC[C@H]5C4)c3)cc(C3CCC(O)CC3)n2n1.COC[C@H](C)Nc1ncc2c(C3=C[C@@H]4CC[C@H](C3)N4C(C)=O)cc(C3CCC(O)CC3)n2n1. The van der Waals surface area contributed by atoms with Crippen molar-refractivity contribution in [2.45, 2.75) is 241 Å². The quantitative estimate of drug-likeness (QED) is 0.0390. The van der Waals surface area contributed by atoms with Crippen molar-refractivity contribution in [3.63, 3.8) is 0 Å². The minimum Gasteiger partial charge on any atom is -0.393 e. The normalized spacial score (nSPS) is 27.8. The lowest BCUT2D eigenvalue weighted by Gasteiger charge is -2.43. The van der Waals surface area contributed by atoms with Crippen molar-refractivity contribution in [3.05, 3.63) is 108 Å². The zero-order valence-electron chi connectivity index (χ0n) is 64.1. The first kappa shape index (κ1) is 74.7. The summed E-state index contributed by atoms with van der Waals surface area (Å²) in [5.41, 5.74) is 14.2. The van der Waals surface area contributed by atoms with Crippen LogP contribution in [0.1, 0.15) is 208 Å². The fraction of sp³-hybridized carbons (Fsp3) is 0.634. The number of fused-ring (bicyclic) bond motifs is 8. The third-order valence-electron chi connectivity index (χ3n) is 25.0. The van der Waals surface area contributed by atoms with E-state index < -0.39 is 0 Å². The second-order valence-corrected chi connectivity index (χ2v) is 32.6. The van der Waals surface area contributed by atoms with Gasteiger partial charge in [-0.05, 0) is 208 Å². The minimum absolute atomic E-state index is 0.102. The predicted octanol–water partition coefficient (Wildman–Crippen LogP) is 11.5. The first-order valence-corrected chi connectivity index (χ1v) is 40.2. The Morgan fingerprint density at radius 3 is 1.36 bits per heavy atom. The summed E-state index contributed by atoms with van der Waals surface area (Å²) in [4.78, 5) is 40.4. The summed E-state index contributed by atoms with van der Waals surface area (Å²) in [7, 11) is 5.10. The lowest BCUT2D eigenvalue weighted by molar-refractivity contribution is -0.131. The molecule has 9 atom stereocenters. The summed E-state index contributed by atoms with van der Waals surface area (Å²) < 4.78 is 27.6. The first-order valence-electron chi connectivity index (χ1n) is 40.2. The molecular formula is C82H115N17O8. The smallest absolute Gasteiger partial charge is 0.241 e. The molecule has 7 aromatic heterocycles. The number of nitrogens with one attached hydrogen (secondary N) is 3. The number of carbonyl (C=O) groups excluding carboxylic acids is 1. The van der Waals surface area contributed by atoms with Gasteiger partial charge in [-0.25, -0.2) is 33.5 Å². The molecule has 4 aliphatic carbocycles. The van der Waals surface area contributed by atoms with E-state index >= 15 is 0 Å². The molecule has 0 spiro atoms. The second kappa shape index (κ2) is 33.2.